The Morgan fingerprint density at radius 2 is 1.82 bits per heavy atom. The number of carbonyl (C=O) groups excluding carboxylic acids is 1. The lowest BCUT2D eigenvalue weighted by Crippen LogP contribution is -2.29. The highest BCUT2D eigenvalue weighted by molar-refractivity contribution is 7.21. The van der Waals surface area contributed by atoms with E-state index in [1.165, 1.54) is 18.5 Å². The van der Waals surface area contributed by atoms with Gasteiger partial charge in [-0.1, -0.05) is 42.5 Å². The number of rotatable bonds is 6. The SMILES string of the molecule is O=C(CNc1ncnc2sc(-c3ccccc3)cc12)NCc1ccc(F)cc1. The summed E-state index contributed by atoms with van der Waals surface area (Å²) in [4.78, 5) is 22.7. The maximum Gasteiger partial charge on any atom is 0.239 e. The van der Waals surface area contributed by atoms with E-state index in [2.05, 4.69) is 20.6 Å². The van der Waals surface area contributed by atoms with Gasteiger partial charge in [-0.15, -0.1) is 11.3 Å². The molecule has 0 fully saturated rings. The molecule has 0 spiro atoms. The highest BCUT2D eigenvalue weighted by atomic mass is 32.1. The predicted molar refractivity (Wildman–Crippen MR) is 110 cm³/mol. The van der Waals surface area contributed by atoms with Gasteiger partial charge in [-0.25, -0.2) is 14.4 Å². The number of benzene rings is 2. The molecule has 0 aliphatic carbocycles. The molecule has 0 radical (unpaired) electrons. The maximum atomic E-state index is 12.9. The van der Waals surface area contributed by atoms with Crippen LogP contribution >= 0.6 is 11.3 Å². The van der Waals surface area contributed by atoms with Crippen molar-refractivity contribution in [2.75, 3.05) is 11.9 Å². The van der Waals surface area contributed by atoms with Gasteiger partial charge in [-0.2, -0.15) is 0 Å². The molecule has 2 aromatic carbocycles. The van der Waals surface area contributed by atoms with Gasteiger partial charge in [0.2, 0.25) is 5.91 Å². The Labute approximate surface area is 165 Å². The third-order valence-electron chi connectivity index (χ3n) is 4.21. The summed E-state index contributed by atoms with van der Waals surface area (Å²) in [6.45, 7) is 0.431. The topological polar surface area (TPSA) is 66.9 Å². The summed E-state index contributed by atoms with van der Waals surface area (Å²) < 4.78 is 12.9. The first kappa shape index (κ1) is 18.1. The minimum atomic E-state index is -0.296. The van der Waals surface area contributed by atoms with Crippen LogP contribution in [0.4, 0.5) is 10.2 Å². The molecule has 4 rings (SSSR count). The van der Waals surface area contributed by atoms with E-state index >= 15 is 0 Å². The highest BCUT2D eigenvalue weighted by Crippen LogP contribution is 2.34. The van der Waals surface area contributed by atoms with Crippen molar-refractivity contribution < 1.29 is 9.18 Å². The third-order valence-corrected chi connectivity index (χ3v) is 5.30. The molecule has 0 atom stereocenters. The van der Waals surface area contributed by atoms with E-state index in [4.69, 9.17) is 0 Å². The smallest absolute Gasteiger partial charge is 0.239 e. The molecule has 0 bridgehead atoms. The number of halogens is 1. The second kappa shape index (κ2) is 8.14. The van der Waals surface area contributed by atoms with E-state index in [1.807, 2.05) is 36.4 Å². The molecule has 4 aromatic rings. The fraction of sp³-hybridized carbons (Fsp3) is 0.0952. The number of fused-ring (bicyclic) bond motifs is 1. The molecule has 0 aliphatic rings. The fourth-order valence-corrected chi connectivity index (χ4v) is 3.77. The zero-order chi connectivity index (χ0) is 19.3. The quantitative estimate of drug-likeness (QED) is 0.515. The summed E-state index contributed by atoms with van der Waals surface area (Å²) in [5.41, 5.74) is 1.96. The number of carbonyl (C=O) groups is 1. The fourth-order valence-electron chi connectivity index (χ4n) is 2.77. The average Bonchev–Trinajstić information content (AvgIpc) is 3.17. The van der Waals surface area contributed by atoms with Gasteiger partial charge in [-0.3, -0.25) is 4.79 Å². The van der Waals surface area contributed by atoms with E-state index < -0.39 is 0 Å². The Bertz CT molecular complexity index is 1100. The van der Waals surface area contributed by atoms with Crippen LogP contribution in [-0.4, -0.2) is 22.4 Å². The second-order valence-electron chi connectivity index (χ2n) is 6.17. The summed E-state index contributed by atoms with van der Waals surface area (Å²) in [7, 11) is 0. The largest absolute Gasteiger partial charge is 0.360 e. The molecule has 28 heavy (non-hydrogen) atoms. The number of nitrogens with zero attached hydrogens (tertiary/aromatic N) is 2. The number of aromatic nitrogens is 2. The number of nitrogens with one attached hydrogen (secondary N) is 2. The monoisotopic (exact) mass is 392 g/mol. The molecule has 2 N–H and O–H groups in total. The van der Waals surface area contributed by atoms with Crippen molar-refractivity contribution in [2.45, 2.75) is 6.54 Å². The van der Waals surface area contributed by atoms with E-state index in [9.17, 15) is 9.18 Å². The molecule has 2 heterocycles. The Kier molecular flexibility index (Phi) is 5.25. The van der Waals surface area contributed by atoms with Crippen LogP contribution in [0.3, 0.4) is 0 Å². The van der Waals surface area contributed by atoms with Crippen LogP contribution in [0.5, 0.6) is 0 Å². The van der Waals surface area contributed by atoms with Gasteiger partial charge in [0.15, 0.2) is 0 Å². The Morgan fingerprint density at radius 1 is 1.04 bits per heavy atom. The number of thiophene rings is 1. The number of hydrogen-bond donors (Lipinski definition) is 2. The van der Waals surface area contributed by atoms with Crippen LogP contribution in [0.1, 0.15) is 5.56 Å². The minimum Gasteiger partial charge on any atom is -0.360 e. The highest BCUT2D eigenvalue weighted by Gasteiger charge is 2.11. The van der Waals surface area contributed by atoms with E-state index in [-0.39, 0.29) is 18.3 Å². The van der Waals surface area contributed by atoms with Crippen LogP contribution in [0.2, 0.25) is 0 Å². The molecule has 0 saturated carbocycles. The second-order valence-corrected chi connectivity index (χ2v) is 7.21. The zero-order valence-corrected chi connectivity index (χ0v) is 15.7. The molecular formula is C21H17FN4OS. The first-order valence-electron chi connectivity index (χ1n) is 8.74. The summed E-state index contributed by atoms with van der Waals surface area (Å²) in [6, 6.07) is 18.1. The molecule has 5 nitrogen and oxygen atoms in total. The van der Waals surface area contributed by atoms with Crippen molar-refractivity contribution in [1.29, 1.82) is 0 Å². The standard InChI is InChI=1S/C21H17FN4OS/c22-16-8-6-14(7-9-16)11-23-19(27)12-24-20-17-10-18(15-4-2-1-3-5-15)28-21(17)26-13-25-20/h1-10,13H,11-12H2,(H,23,27)(H,24,25,26). The maximum absolute atomic E-state index is 12.9. The molecule has 2 aromatic heterocycles. The van der Waals surface area contributed by atoms with E-state index in [0.29, 0.717) is 12.4 Å². The predicted octanol–water partition coefficient (Wildman–Crippen LogP) is 4.23. The van der Waals surface area contributed by atoms with Crippen molar-refractivity contribution in [3.63, 3.8) is 0 Å². The van der Waals surface area contributed by atoms with Gasteiger partial charge in [0, 0.05) is 11.4 Å². The number of amides is 1. The molecule has 1 amide bonds. The molecular weight excluding hydrogens is 375 g/mol. The minimum absolute atomic E-state index is 0.0871. The van der Waals surface area contributed by atoms with Crippen LogP contribution in [0, 0.1) is 5.82 Å². The third kappa shape index (κ3) is 4.15. The van der Waals surface area contributed by atoms with Crippen LogP contribution in [-0.2, 0) is 11.3 Å². The average molecular weight is 392 g/mol. The van der Waals surface area contributed by atoms with Crippen molar-refractivity contribution in [3.05, 3.63) is 78.4 Å². The summed E-state index contributed by atoms with van der Waals surface area (Å²) in [6.07, 6.45) is 1.49. The lowest BCUT2D eigenvalue weighted by Gasteiger charge is -2.08. The molecule has 140 valence electrons. The Hall–Kier alpha value is -3.32. The van der Waals surface area contributed by atoms with Crippen molar-refractivity contribution in [2.24, 2.45) is 0 Å². The Balaban J connectivity index is 1.42. The first-order chi connectivity index (χ1) is 13.7. The van der Waals surface area contributed by atoms with Crippen molar-refractivity contribution in [1.82, 2.24) is 15.3 Å². The summed E-state index contributed by atoms with van der Waals surface area (Å²) >= 11 is 1.59. The molecule has 0 saturated heterocycles. The van der Waals surface area contributed by atoms with Gasteiger partial charge in [-0.05, 0) is 29.3 Å². The molecule has 7 heteroatoms. The summed E-state index contributed by atoms with van der Waals surface area (Å²) in [5.74, 6) is 0.158. The summed E-state index contributed by atoms with van der Waals surface area (Å²) in [5, 5.41) is 6.77. The zero-order valence-electron chi connectivity index (χ0n) is 14.9. The molecule has 0 unspecified atom stereocenters. The van der Waals surface area contributed by atoms with Gasteiger partial charge < -0.3 is 10.6 Å². The molecule has 0 aliphatic heterocycles. The van der Waals surface area contributed by atoms with E-state index in [0.717, 1.165) is 26.2 Å². The van der Waals surface area contributed by atoms with E-state index in [1.54, 1.807) is 23.5 Å². The lowest BCUT2D eigenvalue weighted by molar-refractivity contribution is -0.119. The van der Waals surface area contributed by atoms with Gasteiger partial charge >= 0.3 is 0 Å². The van der Waals surface area contributed by atoms with Crippen LogP contribution < -0.4 is 10.6 Å². The van der Waals surface area contributed by atoms with Gasteiger partial charge in [0.25, 0.3) is 0 Å². The van der Waals surface area contributed by atoms with Crippen molar-refractivity contribution in [3.8, 4) is 10.4 Å². The van der Waals surface area contributed by atoms with Crippen molar-refractivity contribution >= 4 is 33.3 Å². The Morgan fingerprint density at radius 3 is 2.61 bits per heavy atom. The number of anilines is 1. The first-order valence-corrected chi connectivity index (χ1v) is 9.56. The normalized spacial score (nSPS) is 10.8. The van der Waals surface area contributed by atoms with Crippen LogP contribution in [0.15, 0.2) is 67.0 Å². The lowest BCUT2D eigenvalue weighted by atomic mass is 10.2. The van der Waals surface area contributed by atoms with Gasteiger partial charge in [0.05, 0.1) is 11.9 Å². The van der Waals surface area contributed by atoms with Crippen LogP contribution in [0.25, 0.3) is 20.7 Å². The number of hydrogen-bond acceptors (Lipinski definition) is 5. The van der Waals surface area contributed by atoms with Gasteiger partial charge in [0.1, 0.15) is 22.8 Å².